The molecule has 3 aromatic carbocycles. The van der Waals surface area contributed by atoms with Crippen LogP contribution in [0.3, 0.4) is 0 Å². The number of carbonyl (C=O) groups is 1. The third kappa shape index (κ3) is 5.15. The molecule has 0 aromatic heterocycles. The van der Waals surface area contributed by atoms with Gasteiger partial charge in [-0.3, -0.25) is 4.79 Å². The predicted molar refractivity (Wildman–Crippen MR) is 107 cm³/mol. The summed E-state index contributed by atoms with van der Waals surface area (Å²) in [6, 6.07) is 21.8. The first-order chi connectivity index (χ1) is 12.6. The van der Waals surface area contributed by atoms with Crippen molar-refractivity contribution < 1.29 is 9.53 Å². The largest absolute Gasteiger partial charge is 0.457 e. The molecule has 0 radical (unpaired) electrons. The molecule has 0 atom stereocenters. The number of halogens is 2. The lowest BCUT2D eigenvalue weighted by atomic mass is 10.3. The van der Waals surface area contributed by atoms with Gasteiger partial charge >= 0.3 is 0 Å². The number of hydrogen-bond acceptors (Lipinski definition) is 3. The van der Waals surface area contributed by atoms with Gasteiger partial charge in [-0.2, -0.15) is 0 Å². The third-order valence-corrected chi connectivity index (χ3v) is 4.04. The summed E-state index contributed by atoms with van der Waals surface area (Å²) >= 11 is 11.9. The molecule has 0 fully saturated rings. The van der Waals surface area contributed by atoms with Crippen LogP contribution in [0.1, 0.15) is 0 Å². The molecular weight excluding hydrogens is 371 g/mol. The van der Waals surface area contributed by atoms with Crippen LogP contribution < -0.4 is 15.4 Å². The minimum absolute atomic E-state index is 0.109. The molecule has 132 valence electrons. The molecule has 0 aliphatic rings. The van der Waals surface area contributed by atoms with Crippen LogP contribution in [0.2, 0.25) is 10.0 Å². The maximum absolute atomic E-state index is 12.0. The van der Waals surface area contributed by atoms with Crippen LogP contribution >= 0.6 is 23.2 Å². The van der Waals surface area contributed by atoms with E-state index < -0.39 is 0 Å². The minimum Gasteiger partial charge on any atom is -0.457 e. The second-order valence-electron chi connectivity index (χ2n) is 5.47. The SMILES string of the molecule is O=C(CNc1ccc(Oc2ccccc2)cc1)Nc1ccc(Cl)cc1Cl. The van der Waals surface area contributed by atoms with Gasteiger partial charge in [-0.15, -0.1) is 0 Å². The Bertz CT molecular complexity index is 884. The average molecular weight is 387 g/mol. The van der Waals surface area contributed by atoms with E-state index in [1.807, 2.05) is 54.6 Å². The number of hydrogen-bond donors (Lipinski definition) is 2. The van der Waals surface area contributed by atoms with Crippen LogP contribution in [-0.2, 0) is 4.79 Å². The zero-order valence-corrected chi connectivity index (χ0v) is 15.2. The molecule has 0 bridgehead atoms. The molecule has 3 aromatic rings. The van der Waals surface area contributed by atoms with Gasteiger partial charge in [0.25, 0.3) is 0 Å². The van der Waals surface area contributed by atoms with E-state index in [1.54, 1.807) is 18.2 Å². The highest BCUT2D eigenvalue weighted by Crippen LogP contribution is 2.25. The van der Waals surface area contributed by atoms with E-state index in [4.69, 9.17) is 27.9 Å². The van der Waals surface area contributed by atoms with Crippen molar-refractivity contribution in [3.63, 3.8) is 0 Å². The van der Waals surface area contributed by atoms with Crippen molar-refractivity contribution in [1.82, 2.24) is 0 Å². The van der Waals surface area contributed by atoms with Gasteiger partial charge in [-0.1, -0.05) is 41.4 Å². The van der Waals surface area contributed by atoms with Crippen molar-refractivity contribution in [1.29, 1.82) is 0 Å². The molecule has 0 unspecified atom stereocenters. The Balaban J connectivity index is 1.52. The van der Waals surface area contributed by atoms with Gasteiger partial charge in [0.05, 0.1) is 17.3 Å². The fraction of sp³-hybridized carbons (Fsp3) is 0.0500. The Morgan fingerprint density at radius 2 is 1.58 bits per heavy atom. The molecule has 1 amide bonds. The van der Waals surface area contributed by atoms with E-state index in [9.17, 15) is 4.79 Å². The predicted octanol–water partition coefficient (Wildman–Crippen LogP) is 5.84. The lowest BCUT2D eigenvalue weighted by Gasteiger charge is -2.10. The van der Waals surface area contributed by atoms with Crippen LogP contribution in [0.5, 0.6) is 11.5 Å². The maximum atomic E-state index is 12.0. The van der Waals surface area contributed by atoms with Crippen LogP contribution in [0, 0.1) is 0 Å². The fourth-order valence-corrected chi connectivity index (χ4v) is 2.69. The van der Waals surface area contributed by atoms with Crippen molar-refractivity contribution in [3.05, 3.63) is 82.8 Å². The second kappa shape index (κ2) is 8.61. The van der Waals surface area contributed by atoms with Crippen LogP contribution in [0.15, 0.2) is 72.8 Å². The van der Waals surface area contributed by atoms with Crippen molar-refractivity contribution in [2.24, 2.45) is 0 Å². The van der Waals surface area contributed by atoms with Gasteiger partial charge in [0, 0.05) is 10.7 Å². The molecule has 26 heavy (non-hydrogen) atoms. The van der Waals surface area contributed by atoms with E-state index in [0.29, 0.717) is 15.7 Å². The van der Waals surface area contributed by atoms with E-state index in [1.165, 1.54) is 0 Å². The first kappa shape index (κ1) is 18.1. The number of rotatable bonds is 6. The molecule has 0 saturated heterocycles. The van der Waals surface area contributed by atoms with E-state index in [-0.39, 0.29) is 12.5 Å². The molecule has 0 aliphatic heterocycles. The lowest BCUT2D eigenvalue weighted by molar-refractivity contribution is -0.114. The Morgan fingerprint density at radius 3 is 2.27 bits per heavy atom. The Kier molecular flexibility index (Phi) is 6.00. The number of carbonyl (C=O) groups excluding carboxylic acids is 1. The first-order valence-electron chi connectivity index (χ1n) is 7.92. The molecular formula is C20H16Cl2N2O2. The van der Waals surface area contributed by atoms with Gasteiger partial charge in [0.1, 0.15) is 11.5 Å². The van der Waals surface area contributed by atoms with Gasteiger partial charge in [-0.05, 0) is 54.6 Å². The monoisotopic (exact) mass is 386 g/mol. The second-order valence-corrected chi connectivity index (χ2v) is 6.31. The zero-order valence-electron chi connectivity index (χ0n) is 13.7. The average Bonchev–Trinajstić information content (AvgIpc) is 2.64. The molecule has 0 heterocycles. The summed E-state index contributed by atoms with van der Waals surface area (Å²) in [7, 11) is 0. The molecule has 4 nitrogen and oxygen atoms in total. The molecule has 0 spiro atoms. The highest BCUT2D eigenvalue weighted by Gasteiger charge is 2.06. The summed E-state index contributed by atoms with van der Waals surface area (Å²) in [6.45, 7) is 0.109. The topological polar surface area (TPSA) is 50.4 Å². The maximum Gasteiger partial charge on any atom is 0.243 e. The van der Waals surface area contributed by atoms with Crippen molar-refractivity contribution in [2.75, 3.05) is 17.2 Å². The van der Waals surface area contributed by atoms with Crippen molar-refractivity contribution >= 4 is 40.5 Å². The number of nitrogens with one attached hydrogen (secondary N) is 2. The molecule has 0 saturated carbocycles. The number of ether oxygens (including phenoxy) is 1. The van der Waals surface area contributed by atoms with Gasteiger partial charge in [0.15, 0.2) is 0 Å². The summed E-state index contributed by atoms with van der Waals surface area (Å²) in [6.07, 6.45) is 0. The van der Waals surface area contributed by atoms with E-state index in [2.05, 4.69) is 10.6 Å². The van der Waals surface area contributed by atoms with Crippen LogP contribution in [0.4, 0.5) is 11.4 Å². The normalized spacial score (nSPS) is 10.2. The van der Waals surface area contributed by atoms with Crippen LogP contribution in [-0.4, -0.2) is 12.5 Å². The van der Waals surface area contributed by atoms with E-state index >= 15 is 0 Å². The standard InChI is InChI=1S/C20H16Cl2N2O2/c21-14-6-11-19(18(22)12-14)24-20(25)13-23-15-7-9-17(10-8-15)26-16-4-2-1-3-5-16/h1-12,23H,13H2,(H,24,25). The Morgan fingerprint density at radius 1 is 0.885 bits per heavy atom. The number of anilines is 2. The first-order valence-corrected chi connectivity index (χ1v) is 8.67. The number of para-hydroxylation sites is 1. The summed E-state index contributed by atoms with van der Waals surface area (Å²) in [4.78, 5) is 12.0. The molecule has 3 rings (SSSR count). The summed E-state index contributed by atoms with van der Waals surface area (Å²) in [5.74, 6) is 1.28. The summed E-state index contributed by atoms with van der Waals surface area (Å²) in [5.41, 5.74) is 1.33. The van der Waals surface area contributed by atoms with Gasteiger partial charge in [0.2, 0.25) is 5.91 Å². The lowest BCUT2D eigenvalue weighted by Crippen LogP contribution is -2.21. The molecule has 2 N–H and O–H groups in total. The highest BCUT2D eigenvalue weighted by atomic mass is 35.5. The highest BCUT2D eigenvalue weighted by molar-refractivity contribution is 6.36. The van der Waals surface area contributed by atoms with Gasteiger partial charge in [-0.25, -0.2) is 0 Å². The smallest absolute Gasteiger partial charge is 0.243 e. The zero-order chi connectivity index (χ0) is 18.4. The van der Waals surface area contributed by atoms with Crippen molar-refractivity contribution in [2.45, 2.75) is 0 Å². The number of amides is 1. The fourth-order valence-electron chi connectivity index (χ4n) is 2.23. The number of benzene rings is 3. The molecule has 6 heteroatoms. The summed E-state index contributed by atoms with van der Waals surface area (Å²) in [5, 5.41) is 6.70. The summed E-state index contributed by atoms with van der Waals surface area (Å²) < 4.78 is 5.73. The van der Waals surface area contributed by atoms with Gasteiger partial charge < -0.3 is 15.4 Å². The Hall–Kier alpha value is -2.69. The quantitative estimate of drug-likeness (QED) is 0.559. The van der Waals surface area contributed by atoms with Crippen molar-refractivity contribution in [3.8, 4) is 11.5 Å². The van der Waals surface area contributed by atoms with Crippen LogP contribution in [0.25, 0.3) is 0 Å². The molecule has 0 aliphatic carbocycles. The third-order valence-electron chi connectivity index (χ3n) is 3.49. The minimum atomic E-state index is -0.209. The Labute approximate surface area is 161 Å². The van der Waals surface area contributed by atoms with E-state index in [0.717, 1.165) is 17.2 Å².